The maximum Gasteiger partial charge on any atom is 0.303 e. The molecular weight excluding hydrogens is 234 g/mol. The molecule has 1 atom stereocenters. The minimum absolute atomic E-state index is 0.0192. The quantitative estimate of drug-likeness (QED) is 0.677. The van der Waals surface area contributed by atoms with Gasteiger partial charge in [0.05, 0.1) is 6.10 Å². The van der Waals surface area contributed by atoms with Crippen LogP contribution in [0, 0.1) is 0 Å². The Hall–Kier alpha value is -1.88. The number of rotatable bonds is 7. The highest BCUT2D eigenvalue weighted by Gasteiger charge is 2.09. The van der Waals surface area contributed by atoms with Crippen LogP contribution in [0.4, 0.5) is 0 Å². The molecule has 0 saturated carbocycles. The Kier molecular flexibility index (Phi) is 5.87. The van der Waals surface area contributed by atoms with E-state index in [1.54, 1.807) is 12.1 Å². The Morgan fingerprint density at radius 2 is 1.83 bits per heavy atom. The molecule has 18 heavy (non-hydrogen) atoms. The summed E-state index contributed by atoms with van der Waals surface area (Å²) in [7, 11) is 0. The van der Waals surface area contributed by atoms with Gasteiger partial charge in [-0.1, -0.05) is 30.3 Å². The molecule has 0 aliphatic rings. The predicted molar refractivity (Wildman–Crippen MR) is 65.9 cm³/mol. The minimum Gasteiger partial charge on any atom is -0.481 e. The number of aliphatic carboxylic acids is 1. The second kappa shape index (κ2) is 7.45. The summed E-state index contributed by atoms with van der Waals surface area (Å²) < 4.78 is 0. The van der Waals surface area contributed by atoms with Crippen LogP contribution in [0.15, 0.2) is 30.3 Å². The van der Waals surface area contributed by atoms with Crippen LogP contribution < -0.4 is 5.32 Å². The Morgan fingerprint density at radius 1 is 1.17 bits per heavy atom. The zero-order chi connectivity index (χ0) is 13.4. The number of amides is 1. The number of carbonyl (C=O) groups excluding carboxylic acids is 1. The third-order valence-corrected chi connectivity index (χ3v) is 2.47. The van der Waals surface area contributed by atoms with E-state index < -0.39 is 12.1 Å². The summed E-state index contributed by atoms with van der Waals surface area (Å²) in [5.74, 6) is -1.15. The number of nitrogens with one attached hydrogen (secondary N) is 1. The van der Waals surface area contributed by atoms with Crippen molar-refractivity contribution in [2.45, 2.75) is 25.4 Å². The highest BCUT2D eigenvalue weighted by molar-refractivity contribution is 5.76. The van der Waals surface area contributed by atoms with E-state index in [4.69, 9.17) is 5.11 Å². The van der Waals surface area contributed by atoms with Crippen LogP contribution in [-0.4, -0.2) is 28.6 Å². The van der Waals surface area contributed by atoms with Crippen molar-refractivity contribution in [3.05, 3.63) is 35.9 Å². The van der Waals surface area contributed by atoms with Crippen LogP contribution in [0.1, 0.15) is 30.9 Å². The number of carboxylic acids is 1. The fraction of sp³-hybridized carbons (Fsp3) is 0.385. The first kappa shape index (κ1) is 14.2. The fourth-order valence-electron chi connectivity index (χ4n) is 1.49. The molecule has 1 aromatic carbocycles. The lowest BCUT2D eigenvalue weighted by Crippen LogP contribution is -2.28. The molecule has 5 nitrogen and oxygen atoms in total. The van der Waals surface area contributed by atoms with Gasteiger partial charge in [-0.15, -0.1) is 0 Å². The summed E-state index contributed by atoms with van der Waals surface area (Å²) in [4.78, 5) is 21.6. The second-order valence-electron chi connectivity index (χ2n) is 3.98. The maximum atomic E-state index is 11.3. The molecule has 5 heteroatoms. The molecule has 0 radical (unpaired) electrons. The smallest absolute Gasteiger partial charge is 0.303 e. The average molecular weight is 251 g/mol. The lowest BCUT2D eigenvalue weighted by molar-refractivity contribution is -0.137. The van der Waals surface area contributed by atoms with Crippen LogP contribution in [0.25, 0.3) is 0 Å². The number of hydrogen-bond donors (Lipinski definition) is 3. The van der Waals surface area contributed by atoms with E-state index in [0.29, 0.717) is 6.42 Å². The largest absolute Gasteiger partial charge is 0.481 e. The van der Waals surface area contributed by atoms with E-state index in [1.165, 1.54) is 0 Å². The average Bonchev–Trinajstić information content (AvgIpc) is 2.36. The van der Waals surface area contributed by atoms with Crippen LogP contribution >= 0.6 is 0 Å². The number of benzene rings is 1. The normalized spacial score (nSPS) is 11.8. The van der Waals surface area contributed by atoms with Gasteiger partial charge >= 0.3 is 5.97 Å². The molecule has 0 aliphatic carbocycles. The van der Waals surface area contributed by atoms with Crippen LogP contribution in [0.3, 0.4) is 0 Å². The molecule has 3 N–H and O–H groups in total. The first-order chi connectivity index (χ1) is 8.59. The Bertz CT molecular complexity index is 391. The summed E-state index contributed by atoms with van der Waals surface area (Å²) in [5, 5.41) is 20.8. The monoisotopic (exact) mass is 251 g/mol. The van der Waals surface area contributed by atoms with Crippen LogP contribution in [-0.2, 0) is 9.59 Å². The topological polar surface area (TPSA) is 86.6 Å². The molecule has 98 valence electrons. The Balaban J connectivity index is 2.24. The van der Waals surface area contributed by atoms with Crippen molar-refractivity contribution in [1.29, 1.82) is 0 Å². The number of aliphatic hydroxyl groups excluding tert-OH is 1. The Morgan fingerprint density at radius 3 is 2.44 bits per heavy atom. The van der Waals surface area contributed by atoms with E-state index >= 15 is 0 Å². The van der Waals surface area contributed by atoms with E-state index in [9.17, 15) is 14.7 Å². The summed E-state index contributed by atoms with van der Waals surface area (Å²) in [6.45, 7) is 0.135. The summed E-state index contributed by atoms with van der Waals surface area (Å²) in [6, 6.07) is 9.03. The molecule has 0 aromatic heterocycles. The highest BCUT2D eigenvalue weighted by Crippen LogP contribution is 2.10. The summed E-state index contributed by atoms with van der Waals surface area (Å²) in [5.41, 5.74) is 0.739. The molecular formula is C13H17NO4. The number of carbonyl (C=O) groups is 2. The highest BCUT2D eigenvalue weighted by atomic mass is 16.4. The number of hydrogen-bond acceptors (Lipinski definition) is 3. The van der Waals surface area contributed by atoms with Gasteiger partial charge in [0.2, 0.25) is 5.91 Å². The van der Waals surface area contributed by atoms with E-state index in [2.05, 4.69) is 5.32 Å². The SMILES string of the molecule is O=C(O)CCCC(=O)NCC(O)c1ccccc1. The molecule has 0 aliphatic heterocycles. The van der Waals surface area contributed by atoms with Gasteiger partial charge in [0.1, 0.15) is 0 Å². The molecule has 1 aromatic rings. The third-order valence-electron chi connectivity index (χ3n) is 2.47. The van der Waals surface area contributed by atoms with Crippen molar-refractivity contribution in [3.8, 4) is 0 Å². The van der Waals surface area contributed by atoms with Gasteiger partial charge in [-0.25, -0.2) is 0 Å². The van der Waals surface area contributed by atoms with E-state index in [0.717, 1.165) is 5.56 Å². The number of carboxylic acid groups (broad SMARTS) is 1. The number of aliphatic hydroxyl groups is 1. The van der Waals surface area contributed by atoms with Gasteiger partial charge in [0.15, 0.2) is 0 Å². The fourth-order valence-corrected chi connectivity index (χ4v) is 1.49. The maximum absolute atomic E-state index is 11.3. The van der Waals surface area contributed by atoms with Crippen LogP contribution in [0.2, 0.25) is 0 Å². The molecule has 0 fully saturated rings. The van der Waals surface area contributed by atoms with Crippen molar-refractivity contribution in [1.82, 2.24) is 5.32 Å². The molecule has 1 rings (SSSR count). The van der Waals surface area contributed by atoms with Gasteiger partial charge in [-0.2, -0.15) is 0 Å². The molecule has 0 saturated heterocycles. The van der Waals surface area contributed by atoms with Gasteiger partial charge in [0, 0.05) is 19.4 Å². The van der Waals surface area contributed by atoms with Gasteiger partial charge < -0.3 is 15.5 Å². The molecule has 0 spiro atoms. The summed E-state index contributed by atoms with van der Waals surface area (Å²) >= 11 is 0. The van der Waals surface area contributed by atoms with Crippen molar-refractivity contribution < 1.29 is 19.8 Å². The molecule has 0 heterocycles. The molecule has 1 amide bonds. The Labute approximate surface area is 105 Å². The zero-order valence-corrected chi connectivity index (χ0v) is 10.0. The van der Waals surface area contributed by atoms with Crippen molar-refractivity contribution in [3.63, 3.8) is 0 Å². The third kappa shape index (κ3) is 5.45. The lowest BCUT2D eigenvalue weighted by Gasteiger charge is -2.11. The zero-order valence-electron chi connectivity index (χ0n) is 10.0. The van der Waals surface area contributed by atoms with Gasteiger partial charge in [-0.3, -0.25) is 9.59 Å². The first-order valence-corrected chi connectivity index (χ1v) is 5.81. The molecule has 1 unspecified atom stereocenters. The van der Waals surface area contributed by atoms with Gasteiger partial charge in [0.25, 0.3) is 0 Å². The van der Waals surface area contributed by atoms with Gasteiger partial charge in [-0.05, 0) is 12.0 Å². The first-order valence-electron chi connectivity index (χ1n) is 5.81. The van der Waals surface area contributed by atoms with E-state index in [-0.39, 0.29) is 25.3 Å². The predicted octanol–water partition coefficient (Wildman–Crippen LogP) is 1.09. The van der Waals surface area contributed by atoms with Crippen molar-refractivity contribution in [2.24, 2.45) is 0 Å². The van der Waals surface area contributed by atoms with Crippen LogP contribution in [0.5, 0.6) is 0 Å². The lowest BCUT2D eigenvalue weighted by atomic mass is 10.1. The second-order valence-corrected chi connectivity index (χ2v) is 3.98. The minimum atomic E-state index is -0.910. The standard InChI is InChI=1S/C13H17NO4/c15-11(10-5-2-1-3-6-10)9-14-12(16)7-4-8-13(17)18/h1-3,5-6,11,15H,4,7-9H2,(H,14,16)(H,17,18). The van der Waals surface area contributed by atoms with Crippen molar-refractivity contribution >= 4 is 11.9 Å². The summed E-state index contributed by atoms with van der Waals surface area (Å²) in [6.07, 6.45) is -0.292. The van der Waals surface area contributed by atoms with Crippen molar-refractivity contribution in [2.75, 3.05) is 6.54 Å². The van der Waals surface area contributed by atoms with E-state index in [1.807, 2.05) is 18.2 Å². The molecule has 0 bridgehead atoms.